The molecule has 0 spiro atoms. The second kappa shape index (κ2) is 9.84. The van der Waals surface area contributed by atoms with Crippen LogP contribution in [0.5, 0.6) is 5.75 Å². The lowest BCUT2D eigenvalue weighted by Crippen LogP contribution is -2.51. The summed E-state index contributed by atoms with van der Waals surface area (Å²) in [7, 11) is 0. The third-order valence-electron chi connectivity index (χ3n) is 5.85. The van der Waals surface area contributed by atoms with Gasteiger partial charge in [-0.05, 0) is 36.4 Å². The summed E-state index contributed by atoms with van der Waals surface area (Å²) < 4.78 is 48.3. The Hall–Kier alpha value is -4.55. The van der Waals surface area contributed by atoms with Crippen molar-refractivity contribution < 1.29 is 31.9 Å². The van der Waals surface area contributed by atoms with Crippen molar-refractivity contribution >= 4 is 23.3 Å². The zero-order valence-corrected chi connectivity index (χ0v) is 19.3. The molecule has 0 unspecified atom stereocenters. The largest absolute Gasteiger partial charge is 0.573 e. The number of aromatic nitrogens is 3. The van der Waals surface area contributed by atoms with E-state index in [2.05, 4.69) is 20.0 Å². The van der Waals surface area contributed by atoms with Gasteiger partial charge in [-0.25, -0.2) is 4.98 Å². The van der Waals surface area contributed by atoms with Crippen molar-refractivity contribution in [3.8, 4) is 17.0 Å². The zero-order valence-electron chi connectivity index (χ0n) is 19.3. The number of carbonyl (C=O) groups is 2. The molecule has 0 saturated carbocycles. The number of halogens is 3. The summed E-state index contributed by atoms with van der Waals surface area (Å²) in [6.45, 7) is 1.45. The highest BCUT2D eigenvalue weighted by atomic mass is 19.4. The molecule has 1 saturated heterocycles. The molecule has 37 heavy (non-hydrogen) atoms. The van der Waals surface area contributed by atoms with E-state index in [4.69, 9.17) is 4.42 Å². The number of carbonyl (C=O) groups excluding carboxylic acids is 2. The van der Waals surface area contributed by atoms with E-state index < -0.39 is 6.36 Å². The van der Waals surface area contributed by atoms with E-state index in [1.54, 1.807) is 38.7 Å². The van der Waals surface area contributed by atoms with Crippen molar-refractivity contribution in [1.82, 2.24) is 24.2 Å². The third-order valence-corrected chi connectivity index (χ3v) is 5.85. The number of furan rings is 1. The number of imidazole rings is 1. The number of amides is 2. The summed E-state index contributed by atoms with van der Waals surface area (Å²) in [6, 6.07) is 8.56. The standard InChI is InChI=1S/C24H21F3N6O4/c25-24(26,27)37-17-5-3-16(4-6-17)21-22(33-8-7-28-14-19(33)30-21)29-15-20(34)31-9-11-32(12-10-31)23(35)18-2-1-13-36-18/h1-8,13-14,29H,9-12,15H2. The van der Waals surface area contributed by atoms with Crippen LogP contribution in [0.25, 0.3) is 16.9 Å². The molecule has 5 rings (SSSR count). The predicted molar refractivity (Wildman–Crippen MR) is 125 cm³/mol. The Morgan fingerprint density at radius 3 is 2.46 bits per heavy atom. The lowest BCUT2D eigenvalue weighted by atomic mass is 10.1. The van der Waals surface area contributed by atoms with Gasteiger partial charge in [-0.15, -0.1) is 13.2 Å². The number of fused-ring (bicyclic) bond motifs is 1. The summed E-state index contributed by atoms with van der Waals surface area (Å²) >= 11 is 0. The molecule has 4 heterocycles. The minimum absolute atomic E-state index is 0.0511. The SMILES string of the molecule is O=C(CNc1c(-c2ccc(OC(F)(F)F)cc2)nc2cnccn12)N1CCN(C(=O)c2ccco2)CC1. The van der Waals surface area contributed by atoms with Crippen molar-refractivity contribution in [3.05, 3.63) is 67.0 Å². The van der Waals surface area contributed by atoms with Gasteiger partial charge in [0.25, 0.3) is 5.91 Å². The number of hydrogen-bond acceptors (Lipinski definition) is 7. The average Bonchev–Trinajstić information content (AvgIpc) is 3.55. The summed E-state index contributed by atoms with van der Waals surface area (Å²) in [5, 5.41) is 3.12. The van der Waals surface area contributed by atoms with E-state index in [-0.39, 0.29) is 29.9 Å². The summed E-state index contributed by atoms with van der Waals surface area (Å²) in [5.74, 6) is 0.00632. The van der Waals surface area contributed by atoms with Gasteiger partial charge in [0, 0.05) is 44.1 Å². The molecule has 0 aliphatic carbocycles. The van der Waals surface area contributed by atoms with Crippen LogP contribution in [0.3, 0.4) is 0 Å². The molecule has 0 atom stereocenters. The highest BCUT2D eigenvalue weighted by molar-refractivity contribution is 5.91. The number of anilines is 1. The highest BCUT2D eigenvalue weighted by Crippen LogP contribution is 2.31. The lowest BCUT2D eigenvalue weighted by molar-refractivity contribution is -0.274. The molecular weight excluding hydrogens is 493 g/mol. The third kappa shape index (κ3) is 5.34. The van der Waals surface area contributed by atoms with Crippen molar-refractivity contribution in [3.63, 3.8) is 0 Å². The van der Waals surface area contributed by atoms with Crippen molar-refractivity contribution in [2.24, 2.45) is 0 Å². The maximum absolute atomic E-state index is 12.9. The highest BCUT2D eigenvalue weighted by Gasteiger charge is 2.31. The molecule has 1 fully saturated rings. The van der Waals surface area contributed by atoms with E-state index >= 15 is 0 Å². The first-order chi connectivity index (χ1) is 17.8. The molecule has 13 heteroatoms. The molecule has 1 aromatic carbocycles. The maximum atomic E-state index is 12.9. The van der Waals surface area contributed by atoms with Crippen LogP contribution in [0.4, 0.5) is 19.0 Å². The Labute approximate surface area is 208 Å². The normalized spacial score (nSPS) is 14.1. The Morgan fingerprint density at radius 2 is 1.78 bits per heavy atom. The number of nitrogens with one attached hydrogen (secondary N) is 1. The second-order valence-electron chi connectivity index (χ2n) is 8.19. The summed E-state index contributed by atoms with van der Waals surface area (Å²) in [4.78, 5) is 37.3. The molecule has 3 aromatic heterocycles. The molecule has 192 valence electrons. The number of rotatable bonds is 6. The van der Waals surface area contributed by atoms with Crippen LogP contribution >= 0.6 is 0 Å². The van der Waals surface area contributed by atoms with Crippen LogP contribution < -0.4 is 10.1 Å². The van der Waals surface area contributed by atoms with Crippen molar-refractivity contribution in [2.75, 3.05) is 38.0 Å². The van der Waals surface area contributed by atoms with Crippen LogP contribution in [-0.4, -0.2) is 75.1 Å². The monoisotopic (exact) mass is 514 g/mol. The van der Waals surface area contributed by atoms with Gasteiger partial charge in [0.15, 0.2) is 11.4 Å². The molecule has 1 aliphatic heterocycles. The number of hydrogen-bond donors (Lipinski definition) is 1. The van der Waals surface area contributed by atoms with Gasteiger partial charge < -0.3 is 24.3 Å². The fraction of sp³-hybridized carbons (Fsp3) is 0.250. The molecule has 1 aliphatic rings. The van der Waals surface area contributed by atoms with Crippen LogP contribution in [0.15, 0.2) is 65.7 Å². The number of alkyl halides is 3. The lowest BCUT2D eigenvalue weighted by Gasteiger charge is -2.34. The first kappa shape index (κ1) is 24.2. The van der Waals surface area contributed by atoms with Crippen LogP contribution in [-0.2, 0) is 4.79 Å². The zero-order chi connectivity index (χ0) is 26.0. The predicted octanol–water partition coefficient (Wildman–Crippen LogP) is 3.28. The van der Waals surface area contributed by atoms with Gasteiger partial charge in [-0.2, -0.15) is 0 Å². The number of nitrogens with zero attached hydrogens (tertiary/aromatic N) is 5. The molecule has 1 N–H and O–H groups in total. The van der Waals surface area contributed by atoms with Gasteiger partial charge in [0.1, 0.15) is 17.3 Å². The van der Waals surface area contributed by atoms with E-state index in [1.807, 2.05) is 0 Å². The smallest absolute Gasteiger partial charge is 0.459 e. The van der Waals surface area contributed by atoms with Gasteiger partial charge in [-0.3, -0.25) is 19.0 Å². The van der Waals surface area contributed by atoms with E-state index in [0.717, 1.165) is 0 Å². The average molecular weight is 514 g/mol. The first-order valence-electron chi connectivity index (χ1n) is 11.3. The Morgan fingerprint density at radius 1 is 1.05 bits per heavy atom. The molecule has 10 nitrogen and oxygen atoms in total. The molecule has 0 radical (unpaired) electrons. The topological polar surface area (TPSA) is 105 Å². The van der Waals surface area contributed by atoms with Crippen molar-refractivity contribution in [2.45, 2.75) is 6.36 Å². The fourth-order valence-electron chi connectivity index (χ4n) is 4.08. The second-order valence-corrected chi connectivity index (χ2v) is 8.19. The Balaban J connectivity index is 1.27. The maximum Gasteiger partial charge on any atom is 0.573 e. The Kier molecular flexibility index (Phi) is 6.42. The van der Waals surface area contributed by atoms with Crippen LogP contribution in [0.2, 0.25) is 0 Å². The molecule has 0 bridgehead atoms. The minimum atomic E-state index is -4.79. The number of ether oxygens (including phenoxy) is 1. The Bertz CT molecular complexity index is 1390. The van der Waals surface area contributed by atoms with Gasteiger partial charge >= 0.3 is 6.36 Å². The van der Waals surface area contributed by atoms with E-state index in [9.17, 15) is 22.8 Å². The van der Waals surface area contributed by atoms with Gasteiger partial charge in [-0.1, -0.05) is 0 Å². The summed E-state index contributed by atoms with van der Waals surface area (Å²) in [6.07, 6.45) is 1.40. The minimum Gasteiger partial charge on any atom is -0.459 e. The molecule has 4 aromatic rings. The number of piperazine rings is 1. The fourth-order valence-corrected chi connectivity index (χ4v) is 4.08. The van der Waals surface area contributed by atoms with Gasteiger partial charge in [0.05, 0.1) is 19.0 Å². The van der Waals surface area contributed by atoms with Gasteiger partial charge in [0.2, 0.25) is 5.91 Å². The number of benzene rings is 1. The first-order valence-corrected chi connectivity index (χ1v) is 11.3. The quantitative estimate of drug-likeness (QED) is 0.421. The summed E-state index contributed by atoms with van der Waals surface area (Å²) in [5.41, 5.74) is 1.46. The van der Waals surface area contributed by atoms with Crippen LogP contribution in [0, 0.1) is 0 Å². The molecule has 2 amide bonds. The molecular formula is C24H21F3N6O4. The van der Waals surface area contributed by atoms with Crippen molar-refractivity contribution in [1.29, 1.82) is 0 Å². The van der Waals surface area contributed by atoms with E-state index in [1.165, 1.54) is 36.7 Å². The van der Waals surface area contributed by atoms with Crippen LogP contribution in [0.1, 0.15) is 10.6 Å². The van der Waals surface area contributed by atoms with E-state index in [0.29, 0.717) is 48.9 Å².